The molecule has 0 aromatic carbocycles. The van der Waals surface area contributed by atoms with E-state index in [0.717, 1.165) is 17.7 Å². The van der Waals surface area contributed by atoms with E-state index >= 15 is 0 Å². The fourth-order valence-electron chi connectivity index (χ4n) is 3.03. The normalized spacial score (nSPS) is 31.1. The van der Waals surface area contributed by atoms with E-state index in [-0.39, 0.29) is 5.92 Å². The lowest BCUT2D eigenvalue weighted by atomic mass is 10.0. The number of carboxylic acids is 1. The van der Waals surface area contributed by atoms with Gasteiger partial charge >= 0.3 is 5.97 Å². The Balaban J connectivity index is 1.62. The first kappa shape index (κ1) is 11.6. The summed E-state index contributed by atoms with van der Waals surface area (Å²) in [6.45, 7) is 2.32. The van der Waals surface area contributed by atoms with E-state index < -0.39 is 5.97 Å². The van der Waals surface area contributed by atoms with Crippen molar-refractivity contribution in [2.75, 3.05) is 0 Å². The van der Waals surface area contributed by atoms with Crippen LogP contribution in [-0.2, 0) is 11.3 Å². The number of hydrogen-bond acceptors (Lipinski definition) is 4. The molecule has 2 aliphatic carbocycles. The number of carboxylic acid groups (broad SMARTS) is 1. The molecule has 2 saturated carbocycles. The predicted octanol–water partition coefficient (Wildman–Crippen LogP) is 1.30. The molecule has 18 heavy (non-hydrogen) atoms. The molecular formula is C12H18N4O2. The molecule has 1 N–H and O–H groups in total. The number of hydrogen-bond donors (Lipinski definition) is 1. The third kappa shape index (κ3) is 2.11. The molecule has 1 aromatic heterocycles. The lowest BCUT2D eigenvalue weighted by Gasteiger charge is -2.12. The molecule has 0 radical (unpaired) electrons. The first-order valence-electron chi connectivity index (χ1n) is 6.64. The Morgan fingerprint density at radius 1 is 1.44 bits per heavy atom. The fourth-order valence-corrected chi connectivity index (χ4v) is 3.03. The maximum absolute atomic E-state index is 10.8. The molecule has 0 spiro atoms. The number of rotatable bonds is 5. The zero-order chi connectivity index (χ0) is 12.7. The van der Waals surface area contributed by atoms with E-state index in [9.17, 15) is 4.79 Å². The molecule has 3 atom stereocenters. The Morgan fingerprint density at radius 3 is 2.83 bits per heavy atom. The van der Waals surface area contributed by atoms with Crippen LogP contribution in [0.3, 0.4) is 0 Å². The summed E-state index contributed by atoms with van der Waals surface area (Å²) in [5, 5.41) is 20.7. The van der Waals surface area contributed by atoms with E-state index in [4.69, 9.17) is 5.11 Å². The van der Waals surface area contributed by atoms with Crippen LogP contribution < -0.4 is 0 Å². The first-order valence-corrected chi connectivity index (χ1v) is 6.64. The van der Waals surface area contributed by atoms with Gasteiger partial charge in [-0.25, -0.2) is 4.68 Å². The highest BCUT2D eigenvalue weighted by Gasteiger charge is 2.47. The number of tetrazole rings is 1. The van der Waals surface area contributed by atoms with Crippen LogP contribution in [0.2, 0.25) is 0 Å². The van der Waals surface area contributed by atoms with Crippen LogP contribution in [0.5, 0.6) is 0 Å². The minimum atomic E-state index is -0.758. The summed E-state index contributed by atoms with van der Waals surface area (Å²) >= 11 is 0. The highest BCUT2D eigenvalue weighted by molar-refractivity contribution is 5.69. The van der Waals surface area contributed by atoms with Crippen molar-refractivity contribution in [2.24, 2.45) is 17.8 Å². The number of aryl methyl sites for hydroxylation is 1. The van der Waals surface area contributed by atoms with Crippen LogP contribution in [0.25, 0.3) is 0 Å². The van der Waals surface area contributed by atoms with Gasteiger partial charge in [-0.2, -0.15) is 0 Å². The summed E-state index contributed by atoms with van der Waals surface area (Å²) in [7, 11) is 0. The van der Waals surface area contributed by atoms with Gasteiger partial charge in [0.1, 0.15) is 0 Å². The molecule has 0 amide bonds. The van der Waals surface area contributed by atoms with Crippen molar-refractivity contribution in [2.45, 2.75) is 45.1 Å². The van der Waals surface area contributed by atoms with Crippen LogP contribution in [0.15, 0.2) is 0 Å². The Bertz CT molecular complexity index is 449. The molecule has 2 aliphatic rings. The molecule has 98 valence electrons. The van der Waals surface area contributed by atoms with Crippen molar-refractivity contribution >= 4 is 5.97 Å². The van der Waals surface area contributed by atoms with Crippen LogP contribution in [0.4, 0.5) is 0 Å². The van der Waals surface area contributed by atoms with Gasteiger partial charge in [-0.15, -0.1) is 5.10 Å². The first-order chi connectivity index (χ1) is 8.65. The van der Waals surface area contributed by atoms with Crippen molar-refractivity contribution in [3.63, 3.8) is 0 Å². The molecule has 6 heteroatoms. The molecule has 3 rings (SSSR count). The van der Waals surface area contributed by atoms with Gasteiger partial charge in [0.25, 0.3) is 0 Å². The van der Waals surface area contributed by atoms with Gasteiger partial charge in [-0.1, -0.05) is 6.92 Å². The average molecular weight is 250 g/mol. The smallest absolute Gasteiger partial charge is 0.306 e. The van der Waals surface area contributed by atoms with Gasteiger partial charge in [-0.05, 0) is 47.9 Å². The zero-order valence-electron chi connectivity index (χ0n) is 10.5. The van der Waals surface area contributed by atoms with E-state index in [1.54, 1.807) is 11.6 Å². The summed E-state index contributed by atoms with van der Waals surface area (Å²) in [6.07, 6.45) is 4.38. The van der Waals surface area contributed by atoms with E-state index in [1.807, 2.05) is 0 Å². The van der Waals surface area contributed by atoms with Crippen molar-refractivity contribution in [3.8, 4) is 0 Å². The molecule has 1 heterocycles. The topological polar surface area (TPSA) is 80.9 Å². The molecule has 2 fully saturated rings. The SMILES string of the molecule is CC(CCn1nnnc1C1CC2CC2C1)C(=O)O. The summed E-state index contributed by atoms with van der Waals surface area (Å²) in [5.74, 6) is 2.14. The number of fused-ring (bicyclic) bond motifs is 1. The number of nitrogens with zero attached hydrogens (tertiary/aromatic N) is 4. The second kappa shape index (κ2) is 4.33. The molecule has 3 unspecified atom stereocenters. The highest BCUT2D eigenvalue weighted by atomic mass is 16.4. The summed E-state index contributed by atoms with van der Waals surface area (Å²) < 4.78 is 1.80. The van der Waals surface area contributed by atoms with Crippen LogP contribution in [0.1, 0.15) is 44.3 Å². The number of aliphatic carboxylic acids is 1. The summed E-state index contributed by atoms with van der Waals surface area (Å²) in [5.41, 5.74) is 0. The third-order valence-corrected chi connectivity index (χ3v) is 4.36. The van der Waals surface area contributed by atoms with E-state index in [0.29, 0.717) is 18.9 Å². The summed E-state index contributed by atoms with van der Waals surface area (Å²) in [4.78, 5) is 10.8. The van der Waals surface area contributed by atoms with Crippen LogP contribution in [-0.4, -0.2) is 31.3 Å². The highest BCUT2D eigenvalue weighted by Crippen LogP contribution is 2.57. The molecule has 0 bridgehead atoms. The molecule has 6 nitrogen and oxygen atoms in total. The Morgan fingerprint density at radius 2 is 2.17 bits per heavy atom. The monoisotopic (exact) mass is 250 g/mol. The van der Waals surface area contributed by atoms with E-state index in [2.05, 4.69) is 15.5 Å². The predicted molar refractivity (Wildman–Crippen MR) is 62.8 cm³/mol. The maximum Gasteiger partial charge on any atom is 0.306 e. The van der Waals surface area contributed by atoms with Crippen molar-refractivity contribution in [3.05, 3.63) is 5.82 Å². The molecular weight excluding hydrogens is 232 g/mol. The molecule has 0 saturated heterocycles. The van der Waals surface area contributed by atoms with Gasteiger partial charge < -0.3 is 5.11 Å². The Kier molecular flexibility index (Phi) is 2.80. The van der Waals surface area contributed by atoms with Crippen LogP contribution >= 0.6 is 0 Å². The minimum absolute atomic E-state index is 0.348. The lowest BCUT2D eigenvalue weighted by molar-refractivity contribution is -0.141. The van der Waals surface area contributed by atoms with Gasteiger partial charge in [-0.3, -0.25) is 4.79 Å². The Hall–Kier alpha value is -1.46. The van der Waals surface area contributed by atoms with Crippen LogP contribution in [0, 0.1) is 17.8 Å². The van der Waals surface area contributed by atoms with Gasteiger partial charge in [0.2, 0.25) is 0 Å². The molecule has 1 aromatic rings. The Labute approximate surface area is 105 Å². The minimum Gasteiger partial charge on any atom is -0.481 e. The van der Waals surface area contributed by atoms with Gasteiger partial charge in [0.15, 0.2) is 5.82 Å². The average Bonchev–Trinajstić information content (AvgIpc) is 2.81. The largest absolute Gasteiger partial charge is 0.481 e. The van der Waals surface area contributed by atoms with Gasteiger partial charge in [0, 0.05) is 12.5 Å². The van der Waals surface area contributed by atoms with Crippen molar-refractivity contribution < 1.29 is 9.90 Å². The standard InChI is InChI=1S/C12H18N4O2/c1-7(12(17)18)2-3-16-11(13-14-15-16)10-5-8-4-9(8)6-10/h7-10H,2-6H2,1H3,(H,17,18). The van der Waals surface area contributed by atoms with Gasteiger partial charge in [0.05, 0.1) is 5.92 Å². The third-order valence-electron chi connectivity index (χ3n) is 4.36. The zero-order valence-corrected chi connectivity index (χ0v) is 10.5. The second-order valence-electron chi connectivity index (χ2n) is 5.71. The van der Waals surface area contributed by atoms with E-state index in [1.165, 1.54) is 19.3 Å². The number of aromatic nitrogens is 4. The maximum atomic E-state index is 10.8. The van der Waals surface area contributed by atoms with Crippen molar-refractivity contribution in [1.29, 1.82) is 0 Å². The molecule has 0 aliphatic heterocycles. The quantitative estimate of drug-likeness (QED) is 0.851. The lowest BCUT2D eigenvalue weighted by Crippen LogP contribution is -2.16. The fraction of sp³-hybridized carbons (Fsp3) is 0.833. The van der Waals surface area contributed by atoms with Crippen molar-refractivity contribution in [1.82, 2.24) is 20.2 Å². The summed E-state index contributed by atoms with van der Waals surface area (Å²) in [6, 6.07) is 0. The number of carbonyl (C=O) groups is 1. The second-order valence-corrected chi connectivity index (χ2v) is 5.71.